The molecule has 1 aliphatic rings. The summed E-state index contributed by atoms with van der Waals surface area (Å²) in [6, 6.07) is 13.7. The molecule has 0 aromatic heterocycles. The van der Waals surface area contributed by atoms with Gasteiger partial charge < -0.3 is 14.8 Å². The van der Waals surface area contributed by atoms with Gasteiger partial charge in [-0.1, -0.05) is 17.7 Å². The molecule has 0 fully saturated rings. The summed E-state index contributed by atoms with van der Waals surface area (Å²) in [6.45, 7) is 2.30. The van der Waals surface area contributed by atoms with E-state index >= 15 is 0 Å². The maximum absolute atomic E-state index is 12.0. The van der Waals surface area contributed by atoms with E-state index in [-0.39, 0.29) is 12.7 Å². The number of fused-ring (bicyclic) bond motifs is 1. The predicted molar refractivity (Wildman–Crippen MR) is 87.7 cm³/mol. The third-order valence-electron chi connectivity index (χ3n) is 3.28. The normalized spacial score (nSPS) is 12.2. The number of carbonyl (C=O) groups is 1. The number of ether oxygens (including phenoxy) is 2. The lowest BCUT2D eigenvalue weighted by molar-refractivity contribution is -0.115. The summed E-state index contributed by atoms with van der Waals surface area (Å²) in [5.41, 5.74) is 1.97. The highest BCUT2D eigenvalue weighted by molar-refractivity contribution is 7.99. The predicted octanol–water partition coefficient (Wildman–Crippen LogP) is 3.84. The minimum atomic E-state index is -0.00141. The number of thioether (sulfide) groups is 1. The van der Waals surface area contributed by atoms with Crippen molar-refractivity contribution in [1.82, 2.24) is 0 Å². The molecule has 0 unspecified atom stereocenters. The topological polar surface area (TPSA) is 47.6 Å². The molecular weight excluding hydrogens is 298 g/mol. The largest absolute Gasteiger partial charge is 0.454 e. The number of anilines is 1. The summed E-state index contributed by atoms with van der Waals surface area (Å²) >= 11 is 1.68. The van der Waals surface area contributed by atoms with Gasteiger partial charge in [-0.25, -0.2) is 0 Å². The van der Waals surface area contributed by atoms with Crippen LogP contribution in [0.1, 0.15) is 12.0 Å². The number of hydrogen-bond acceptors (Lipinski definition) is 4. The van der Waals surface area contributed by atoms with Crippen molar-refractivity contribution in [2.24, 2.45) is 0 Å². The SMILES string of the molecule is Cc1ccc(SCCC(=O)Nc2ccc3c(c2)OCO3)cc1. The Morgan fingerprint density at radius 3 is 2.73 bits per heavy atom. The van der Waals surface area contributed by atoms with Gasteiger partial charge in [-0.15, -0.1) is 11.8 Å². The van der Waals surface area contributed by atoms with Crippen molar-refractivity contribution in [3.05, 3.63) is 48.0 Å². The molecule has 1 amide bonds. The highest BCUT2D eigenvalue weighted by Gasteiger charge is 2.14. The Kier molecular flexibility index (Phi) is 4.53. The van der Waals surface area contributed by atoms with E-state index < -0.39 is 0 Å². The smallest absolute Gasteiger partial charge is 0.231 e. The molecule has 0 spiro atoms. The Bertz CT molecular complexity index is 670. The van der Waals surface area contributed by atoms with Crippen molar-refractivity contribution >= 4 is 23.4 Å². The monoisotopic (exact) mass is 315 g/mol. The number of hydrogen-bond donors (Lipinski definition) is 1. The van der Waals surface area contributed by atoms with Crippen LogP contribution in [-0.4, -0.2) is 18.5 Å². The summed E-state index contributed by atoms with van der Waals surface area (Å²) in [5, 5.41) is 2.88. The van der Waals surface area contributed by atoms with Gasteiger partial charge in [0.1, 0.15) is 0 Å². The summed E-state index contributed by atoms with van der Waals surface area (Å²) in [6.07, 6.45) is 0.465. The van der Waals surface area contributed by atoms with Gasteiger partial charge in [-0.3, -0.25) is 4.79 Å². The molecule has 2 aromatic carbocycles. The summed E-state index contributed by atoms with van der Waals surface area (Å²) in [5.74, 6) is 2.14. The molecule has 1 heterocycles. The second-order valence-corrected chi connectivity index (χ2v) is 6.20. The summed E-state index contributed by atoms with van der Waals surface area (Å²) in [7, 11) is 0. The third kappa shape index (κ3) is 3.74. The van der Waals surface area contributed by atoms with E-state index in [0.29, 0.717) is 17.9 Å². The van der Waals surface area contributed by atoms with Crippen LogP contribution in [0.5, 0.6) is 11.5 Å². The first-order valence-corrected chi connectivity index (χ1v) is 8.08. The van der Waals surface area contributed by atoms with Gasteiger partial charge in [0.15, 0.2) is 11.5 Å². The van der Waals surface area contributed by atoms with E-state index in [4.69, 9.17) is 9.47 Å². The van der Waals surface area contributed by atoms with Crippen LogP contribution in [0.2, 0.25) is 0 Å². The minimum absolute atomic E-state index is 0.00141. The van der Waals surface area contributed by atoms with E-state index in [1.54, 1.807) is 23.9 Å². The van der Waals surface area contributed by atoms with Gasteiger partial charge in [0.25, 0.3) is 0 Å². The molecule has 1 aliphatic heterocycles. The zero-order valence-electron chi connectivity index (χ0n) is 12.3. The second kappa shape index (κ2) is 6.75. The van der Waals surface area contributed by atoms with Gasteiger partial charge in [-0.05, 0) is 31.2 Å². The van der Waals surface area contributed by atoms with Crippen molar-refractivity contribution in [2.45, 2.75) is 18.2 Å². The number of amides is 1. The molecule has 0 bridgehead atoms. The first-order chi connectivity index (χ1) is 10.7. The van der Waals surface area contributed by atoms with Crippen molar-refractivity contribution < 1.29 is 14.3 Å². The van der Waals surface area contributed by atoms with Crippen LogP contribution in [0.15, 0.2) is 47.4 Å². The molecule has 0 saturated heterocycles. The first kappa shape index (κ1) is 14.8. The molecular formula is C17H17NO3S. The average Bonchev–Trinajstić information content (AvgIpc) is 2.97. The zero-order chi connectivity index (χ0) is 15.4. The zero-order valence-corrected chi connectivity index (χ0v) is 13.1. The van der Waals surface area contributed by atoms with Gasteiger partial charge >= 0.3 is 0 Å². The van der Waals surface area contributed by atoms with E-state index in [2.05, 4.69) is 36.5 Å². The number of rotatable bonds is 5. The molecule has 1 N–H and O–H groups in total. The average molecular weight is 315 g/mol. The molecule has 114 valence electrons. The van der Waals surface area contributed by atoms with Crippen LogP contribution >= 0.6 is 11.8 Å². The van der Waals surface area contributed by atoms with Gasteiger partial charge in [-0.2, -0.15) is 0 Å². The maximum atomic E-state index is 12.0. The van der Waals surface area contributed by atoms with Crippen LogP contribution in [0.3, 0.4) is 0 Å². The fourth-order valence-corrected chi connectivity index (χ4v) is 2.95. The fourth-order valence-electron chi connectivity index (χ4n) is 2.09. The van der Waals surface area contributed by atoms with Gasteiger partial charge in [0.05, 0.1) is 0 Å². The van der Waals surface area contributed by atoms with Crippen molar-refractivity contribution in [1.29, 1.82) is 0 Å². The van der Waals surface area contributed by atoms with E-state index in [1.807, 2.05) is 6.07 Å². The van der Waals surface area contributed by atoms with E-state index in [9.17, 15) is 4.79 Å². The Morgan fingerprint density at radius 2 is 1.91 bits per heavy atom. The molecule has 4 nitrogen and oxygen atoms in total. The lowest BCUT2D eigenvalue weighted by Gasteiger charge is -2.06. The minimum Gasteiger partial charge on any atom is -0.454 e. The first-order valence-electron chi connectivity index (χ1n) is 7.10. The van der Waals surface area contributed by atoms with Crippen molar-refractivity contribution in [3.8, 4) is 11.5 Å². The Morgan fingerprint density at radius 1 is 1.14 bits per heavy atom. The van der Waals surface area contributed by atoms with Gasteiger partial charge in [0, 0.05) is 28.8 Å². The molecule has 3 rings (SSSR count). The Hall–Kier alpha value is -2.14. The Balaban J connectivity index is 1.47. The molecule has 0 atom stereocenters. The Labute approximate surface area is 133 Å². The third-order valence-corrected chi connectivity index (χ3v) is 4.29. The fraction of sp³-hybridized carbons (Fsp3) is 0.235. The van der Waals surface area contributed by atoms with Gasteiger partial charge in [0.2, 0.25) is 12.7 Å². The molecule has 0 aliphatic carbocycles. The van der Waals surface area contributed by atoms with Crippen molar-refractivity contribution in [2.75, 3.05) is 17.9 Å². The standard InChI is InChI=1S/C17H17NO3S/c1-12-2-5-14(6-3-12)22-9-8-17(19)18-13-4-7-15-16(10-13)21-11-20-15/h2-7,10H,8-9,11H2,1H3,(H,18,19). The highest BCUT2D eigenvalue weighted by Crippen LogP contribution is 2.34. The van der Waals surface area contributed by atoms with Crippen LogP contribution in [0.4, 0.5) is 5.69 Å². The molecule has 0 saturated carbocycles. The maximum Gasteiger partial charge on any atom is 0.231 e. The number of aryl methyl sites for hydroxylation is 1. The lowest BCUT2D eigenvalue weighted by Crippen LogP contribution is -2.12. The quantitative estimate of drug-likeness (QED) is 0.852. The van der Waals surface area contributed by atoms with Crippen LogP contribution in [-0.2, 0) is 4.79 Å². The molecule has 22 heavy (non-hydrogen) atoms. The number of carbonyl (C=O) groups excluding carboxylic acids is 1. The van der Waals surface area contributed by atoms with Crippen LogP contribution < -0.4 is 14.8 Å². The van der Waals surface area contributed by atoms with E-state index in [0.717, 1.165) is 11.4 Å². The number of nitrogens with one attached hydrogen (secondary N) is 1. The highest BCUT2D eigenvalue weighted by atomic mass is 32.2. The second-order valence-electron chi connectivity index (χ2n) is 5.03. The molecule has 2 aromatic rings. The lowest BCUT2D eigenvalue weighted by atomic mass is 10.2. The van der Waals surface area contributed by atoms with E-state index in [1.165, 1.54) is 10.5 Å². The summed E-state index contributed by atoms with van der Waals surface area (Å²) < 4.78 is 10.5. The van der Waals surface area contributed by atoms with Crippen LogP contribution in [0, 0.1) is 6.92 Å². The summed E-state index contributed by atoms with van der Waals surface area (Å²) in [4.78, 5) is 13.1. The van der Waals surface area contributed by atoms with Crippen LogP contribution in [0.25, 0.3) is 0 Å². The molecule has 5 heteroatoms. The number of benzene rings is 2. The molecule has 0 radical (unpaired) electrons. The van der Waals surface area contributed by atoms with Crippen molar-refractivity contribution in [3.63, 3.8) is 0 Å².